The predicted octanol–water partition coefficient (Wildman–Crippen LogP) is 2.39. The van der Waals surface area contributed by atoms with E-state index >= 15 is 0 Å². The first kappa shape index (κ1) is 17.6. The van der Waals surface area contributed by atoms with Crippen molar-refractivity contribution >= 4 is 32.4 Å². The van der Waals surface area contributed by atoms with Gasteiger partial charge in [0.15, 0.2) is 15.5 Å². The molecule has 0 saturated carbocycles. The average molecular weight is 387 g/mol. The molecule has 1 aromatic carbocycles. The molecule has 0 radical (unpaired) electrons. The molecule has 0 bridgehead atoms. The number of nitrogens with one attached hydrogen (secondary N) is 2. The molecule has 4 rings (SSSR count). The molecule has 1 aliphatic rings. The van der Waals surface area contributed by atoms with Crippen LogP contribution in [-0.4, -0.2) is 42.4 Å². The maximum atomic E-state index is 14.4. The molecule has 0 saturated heterocycles. The monoisotopic (exact) mass is 387 g/mol. The van der Waals surface area contributed by atoms with E-state index < -0.39 is 15.7 Å². The third kappa shape index (κ3) is 3.43. The summed E-state index contributed by atoms with van der Waals surface area (Å²) in [7, 11) is -3.46. The summed E-state index contributed by atoms with van der Waals surface area (Å²) < 4.78 is 39.2. The number of fused-ring (bicyclic) bond motifs is 1. The van der Waals surface area contributed by atoms with Gasteiger partial charge in [0.2, 0.25) is 0 Å². The van der Waals surface area contributed by atoms with E-state index in [2.05, 4.69) is 26.8 Å². The summed E-state index contributed by atoms with van der Waals surface area (Å²) in [6, 6.07) is 5.48. The Morgan fingerprint density at radius 2 is 2.11 bits per heavy atom. The van der Waals surface area contributed by atoms with Crippen LogP contribution in [0.2, 0.25) is 0 Å². The third-order valence-corrected chi connectivity index (χ3v) is 5.54. The normalized spacial score (nSPS) is 15.0. The summed E-state index contributed by atoms with van der Waals surface area (Å²) in [5, 5.41) is 10.6. The maximum absolute atomic E-state index is 14.4. The van der Waals surface area contributed by atoms with E-state index in [4.69, 9.17) is 0 Å². The van der Waals surface area contributed by atoms with Crippen molar-refractivity contribution in [3.05, 3.63) is 54.2 Å². The summed E-state index contributed by atoms with van der Waals surface area (Å²) in [5.74, 6) is -0.652. The van der Waals surface area contributed by atoms with Gasteiger partial charge in [-0.05, 0) is 42.8 Å². The fourth-order valence-electron chi connectivity index (χ4n) is 3.04. The molecule has 3 aromatic rings. The molecule has 2 N–H and O–H groups in total. The smallest absolute Gasteiger partial charge is 0.177 e. The zero-order chi connectivity index (χ0) is 19.0. The molecule has 2 aromatic heterocycles. The first-order valence-electron chi connectivity index (χ1n) is 8.43. The van der Waals surface area contributed by atoms with Crippen molar-refractivity contribution in [1.82, 2.24) is 19.9 Å². The number of hydrogen-bond donors (Lipinski definition) is 2. The fourth-order valence-corrected chi connectivity index (χ4v) is 3.67. The minimum atomic E-state index is -3.46. The highest BCUT2D eigenvalue weighted by Crippen LogP contribution is 2.27. The number of halogens is 1. The molecular formula is C18H18FN5O2S. The van der Waals surface area contributed by atoms with Crippen LogP contribution in [0.3, 0.4) is 0 Å². The van der Waals surface area contributed by atoms with Crippen LogP contribution in [0.4, 0.5) is 15.8 Å². The Labute approximate surface area is 155 Å². The second-order valence-electron chi connectivity index (χ2n) is 6.35. The number of imidazole rings is 1. The van der Waals surface area contributed by atoms with Gasteiger partial charge < -0.3 is 10.6 Å². The second-order valence-corrected chi connectivity index (χ2v) is 8.36. The molecule has 0 atom stereocenters. The van der Waals surface area contributed by atoms with Crippen LogP contribution in [-0.2, 0) is 9.84 Å². The number of hydrogen-bond acceptors (Lipinski definition) is 6. The summed E-state index contributed by atoms with van der Waals surface area (Å²) in [6.07, 6.45) is 7.41. The van der Waals surface area contributed by atoms with Gasteiger partial charge in [0, 0.05) is 12.8 Å². The Kier molecular flexibility index (Phi) is 4.40. The number of sulfone groups is 1. The van der Waals surface area contributed by atoms with Gasteiger partial charge in [0.05, 0.1) is 34.4 Å². The molecule has 1 aliphatic heterocycles. The number of aromatic nitrogens is 3. The molecular weight excluding hydrogens is 369 g/mol. The van der Waals surface area contributed by atoms with E-state index in [1.54, 1.807) is 23.0 Å². The van der Waals surface area contributed by atoms with Gasteiger partial charge in [-0.25, -0.2) is 22.3 Å². The van der Waals surface area contributed by atoms with Gasteiger partial charge >= 0.3 is 0 Å². The van der Waals surface area contributed by atoms with E-state index in [9.17, 15) is 12.8 Å². The van der Waals surface area contributed by atoms with Gasteiger partial charge in [-0.3, -0.25) is 0 Å². The highest BCUT2D eigenvalue weighted by atomic mass is 32.2. The molecule has 0 unspecified atom stereocenters. The molecule has 140 valence electrons. The lowest BCUT2D eigenvalue weighted by Crippen LogP contribution is -2.20. The van der Waals surface area contributed by atoms with E-state index in [0.717, 1.165) is 43.1 Å². The van der Waals surface area contributed by atoms with Gasteiger partial charge in [-0.1, -0.05) is 6.08 Å². The highest BCUT2D eigenvalue weighted by Gasteiger charge is 2.16. The van der Waals surface area contributed by atoms with E-state index in [0.29, 0.717) is 11.3 Å². The maximum Gasteiger partial charge on any atom is 0.177 e. The molecule has 0 aliphatic carbocycles. The van der Waals surface area contributed by atoms with Crippen LogP contribution in [0, 0.1) is 5.82 Å². The zero-order valence-corrected chi connectivity index (χ0v) is 15.4. The number of nitrogens with zero attached hydrogens (tertiary/aromatic N) is 3. The van der Waals surface area contributed by atoms with Crippen molar-refractivity contribution in [1.29, 1.82) is 0 Å². The van der Waals surface area contributed by atoms with Crippen LogP contribution < -0.4 is 10.6 Å². The summed E-state index contributed by atoms with van der Waals surface area (Å²) in [5.41, 5.74) is 3.38. The molecule has 0 amide bonds. The van der Waals surface area contributed by atoms with Crippen molar-refractivity contribution in [2.75, 3.05) is 24.7 Å². The fraction of sp³-hybridized carbons (Fsp3) is 0.222. The third-order valence-electron chi connectivity index (χ3n) is 4.43. The van der Waals surface area contributed by atoms with E-state index in [1.165, 1.54) is 12.1 Å². The van der Waals surface area contributed by atoms with Gasteiger partial charge in [-0.15, -0.1) is 0 Å². The summed E-state index contributed by atoms with van der Waals surface area (Å²) >= 11 is 0. The topological polar surface area (TPSA) is 88.4 Å². The highest BCUT2D eigenvalue weighted by molar-refractivity contribution is 7.90. The summed E-state index contributed by atoms with van der Waals surface area (Å²) in [6.45, 7) is 1.70. The zero-order valence-electron chi connectivity index (χ0n) is 14.6. The van der Waals surface area contributed by atoms with Gasteiger partial charge in [0.1, 0.15) is 5.82 Å². The number of anilines is 2. The van der Waals surface area contributed by atoms with Crippen LogP contribution >= 0.6 is 0 Å². The SMILES string of the molecule is CS(=O)(=O)c1ccc(Nc2ccnn3c(C4=CCNCC4)cnc23)c(F)c1. The first-order chi connectivity index (χ1) is 12.9. The van der Waals surface area contributed by atoms with Crippen molar-refractivity contribution < 1.29 is 12.8 Å². The van der Waals surface area contributed by atoms with Crippen molar-refractivity contribution in [3.63, 3.8) is 0 Å². The van der Waals surface area contributed by atoms with Crippen LogP contribution in [0.5, 0.6) is 0 Å². The molecule has 0 fully saturated rings. The largest absolute Gasteiger partial charge is 0.350 e. The average Bonchev–Trinajstić information content (AvgIpc) is 3.08. The Morgan fingerprint density at radius 1 is 1.26 bits per heavy atom. The quantitative estimate of drug-likeness (QED) is 0.715. The van der Waals surface area contributed by atoms with E-state index in [1.807, 2.05) is 0 Å². The van der Waals surface area contributed by atoms with Crippen LogP contribution in [0.25, 0.3) is 11.2 Å². The van der Waals surface area contributed by atoms with Gasteiger partial charge in [0.25, 0.3) is 0 Å². The first-order valence-corrected chi connectivity index (χ1v) is 10.3. The molecule has 3 heterocycles. The lowest BCUT2D eigenvalue weighted by molar-refractivity contribution is 0.596. The molecule has 7 nitrogen and oxygen atoms in total. The Morgan fingerprint density at radius 3 is 2.81 bits per heavy atom. The number of rotatable bonds is 4. The molecule has 27 heavy (non-hydrogen) atoms. The van der Waals surface area contributed by atoms with Gasteiger partial charge in [-0.2, -0.15) is 5.10 Å². The standard InChI is InChI=1S/C18H18FN5O2S/c1-27(25,26)13-2-3-15(14(19)10-13)23-16-6-9-22-24-17(11-21-18(16)24)12-4-7-20-8-5-12/h2-4,6,9-11,20,23H,5,7-8H2,1H3. The Hall–Kier alpha value is -2.78. The summed E-state index contributed by atoms with van der Waals surface area (Å²) in [4.78, 5) is 4.37. The minimum Gasteiger partial charge on any atom is -0.350 e. The van der Waals surface area contributed by atoms with Crippen LogP contribution in [0.15, 0.2) is 47.6 Å². The number of benzene rings is 1. The van der Waals surface area contributed by atoms with Crippen molar-refractivity contribution in [3.8, 4) is 0 Å². The van der Waals surface area contributed by atoms with Crippen molar-refractivity contribution in [2.45, 2.75) is 11.3 Å². The molecule has 9 heteroatoms. The lowest BCUT2D eigenvalue weighted by Gasteiger charge is -2.13. The van der Waals surface area contributed by atoms with E-state index in [-0.39, 0.29) is 10.6 Å². The lowest BCUT2D eigenvalue weighted by atomic mass is 10.1. The van der Waals surface area contributed by atoms with Crippen molar-refractivity contribution in [2.24, 2.45) is 0 Å². The predicted molar refractivity (Wildman–Crippen MR) is 101 cm³/mol. The second kappa shape index (κ2) is 6.75. The van der Waals surface area contributed by atoms with Crippen LogP contribution in [0.1, 0.15) is 12.1 Å². The molecule has 0 spiro atoms. The Bertz CT molecular complexity index is 1150. The minimum absolute atomic E-state index is 0.0635. The Balaban J connectivity index is 1.71.